The third kappa shape index (κ3) is 5.51. The number of aromatic nitrogens is 1. The van der Waals surface area contributed by atoms with E-state index in [1.807, 2.05) is 6.07 Å². The van der Waals surface area contributed by atoms with Crippen LogP contribution in [0, 0.1) is 0 Å². The van der Waals surface area contributed by atoms with E-state index >= 15 is 0 Å². The lowest BCUT2D eigenvalue weighted by atomic mass is 10.2. The van der Waals surface area contributed by atoms with Gasteiger partial charge in [-0.25, -0.2) is 4.98 Å². The molecule has 1 aromatic carbocycles. The van der Waals surface area contributed by atoms with Gasteiger partial charge >= 0.3 is 0 Å². The van der Waals surface area contributed by atoms with E-state index in [4.69, 9.17) is 0 Å². The summed E-state index contributed by atoms with van der Waals surface area (Å²) in [6.07, 6.45) is 1.16. The van der Waals surface area contributed by atoms with Gasteiger partial charge in [0.05, 0.1) is 5.69 Å². The first-order valence-electron chi connectivity index (χ1n) is 7.25. The molecule has 0 aliphatic rings. The van der Waals surface area contributed by atoms with Crippen molar-refractivity contribution >= 4 is 27.3 Å². The fourth-order valence-electron chi connectivity index (χ4n) is 2.12. The van der Waals surface area contributed by atoms with Crippen LogP contribution in [0.1, 0.15) is 29.6 Å². The molecule has 2 aromatic rings. The van der Waals surface area contributed by atoms with Gasteiger partial charge in [0.1, 0.15) is 5.01 Å². The Morgan fingerprint density at radius 2 is 2.10 bits per heavy atom. The second-order valence-corrected chi connectivity index (χ2v) is 6.97. The van der Waals surface area contributed by atoms with Gasteiger partial charge in [-0.3, -0.25) is 4.90 Å². The molecule has 5 heteroatoms. The Morgan fingerprint density at radius 1 is 1.29 bits per heavy atom. The Kier molecular flexibility index (Phi) is 6.83. The van der Waals surface area contributed by atoms with E-state index in [1.54, 1.807) is 11.3 Å². The predicted molar refractivity (Wildman–Crippen MR) is 93.4 cm³/mol. The van der Waals surface area contributed by atoms with Crippen LogP contribution in [0.25, 0.3) is 0 Å². The fourth-order valence-corrected chi connectivity index (χ4v) is 3.29. The van der Waals surface area contributed by atoms with Crippen LogP contribution < -0.4 is 5.32 Å². The predicted octanol–water partition coefficient (Wildman–Crippen LogP) is 4.04. The zero-order valence-electron chi connectivity index (χ0n) is 12.6. The Hall–Kier alpha value is -0.750. The summed E-state index contributed by atoms with van der Waals surface area (Å²) in [5, 5.41) is 6.73. The van der Waals surface area contributed by atoms with Crippen molar-refractivity contribution in [3.8, 4) is 0 Å². The number of thiazole rings is 1. The third-order valence-corrected chi connectivity index (χ3v) is 4.80. The molecule has 0 atom stereocenters. The van der Waals surface area contributed by atoms with E-state index in [9.17, 15) is 0 Å². The summed E-state index contributed by atoms with van der Waals surface area (Å²) in [4.78, 5) is 6.98. The van der Waals surface area contributed by atoms with Crippen LogP contribution in [0.4, 0.5) is 0 Å². The van der Waals surface area contributed by atoms with E-state index in [2.05, 4.69) is 68.7 Å². The molecule has 0 spiro atoms. The molecule has 0 bridgehead atoms. The van der Waals surface area contributed by atoms with Crippen molar-refractivity contribution in [2.45, 2.75) is 33.0 Å². The van der Waals surface area contributed by atoms with Crippen LogP contribution in [0.15, 0.2) is 34.1 Å². The molecule has 21 heavy (non-hydrogen) atoms. The molecule has 2 rings (SSSR count). The molecule has 3 nitrogen and oxygen atoms in total. The number of benzene rings is 1. The minimum absolute atomic E-state index is 0.881. The van der Waals surface area contributed by atoms with Crippen molar-refractivity contribution in [3.05, 3.63) is 50.4 Å². The van der Waals surface area contributed by atoms with Gasteiger partial charge in [-0.2, -0.15) is 0 Å². The monoisotopic (exact) mass is 367 g/mol. The minimum atomic E-state index is 0.881. The maximum Gasteiger partial charge on any atom is 0.107 e. The Bertz CT molecular complexity index is 556. The van der Waals surface area contributed by atoms with Crippen molar-refractivity contribution < 1.29 is 0 Å². The molecule has 1 aromatic heterocycles. The molecule has 1 heterocycles. The van der Waals surface area contributed by atoms with Crippen LogP contribution in [0.2, 0.25) is 0 Å². The first-order valence-corrected chi connectivity index (χ1v) is 8.92. The molecular formula is C16H22BrN3S. The molecular weight excluding hydrogens is 346 g/mol. The number of nitrogens with zero attached hydrogens (tertiary/aromatic N) is 2. The average molecular weight is 368 g/mol. The molecule has 0 amide bonds. The van der Waals surface area contributed by atoms with Gasteiger partial charge in [0.15, 0.2) is 0 Å². The van der Waals surface area contributed by atoms with Gasteiger partial charge in [-0.1, -0.05) is 41.1 Å². The summed E-state index contributed by atoms with van der Waals surface area (Å²) in [6, 6.07) is 8.36. The lowest BCUT2D eigenvalue weighted by Crippen LogP contribution is -2.18. The molecule has 0 saturated heterocycles. The Balaban J connectivity index is 1.85. The highest BCUT2D eigenvalue weighted by Crippen LogP contribution is 2.18. The topological polar surface area (TPSA) is 28.2 Å². The smallest absolute Gasteiger partial charge is 0.107 e. The first-order chi connectivity index (χ1) is 10.2. The second kappa shape index (κ2) is 8.63. The van der Waals surface area contributed by atoms with E-state index in [0.717, 1.165) is 38.3 Å². The maximum atomic E-state index is 4.69. The van der Waals surface area contributed by atoms with Crippen LogP contribution in [0.5, 0.6) is 0 Å². The number of rotatable bonds is 8. The average Bonchev–Trinajstić information content (AvgIpc) is 2.89. The Labute approximate surface area is 139 Å². The second-order valence-electron chi connectivity index (χ2n) is 5.17. The molecule has 0 aliphatic carbocycles. The largest absolute Gasteiger partial charge is 0.310 e. The molecule has 0 unspecified atom stereocenters. The normalized spacial score (nSPS) is 11.2. The summed E-state index contributed by atoms with van der Waals surface area (Å²) in [5.41, 5.74) is 2.46. The maximum absolute atomic E-state index is 4.69. The van der Waals surface area contributed by atoms with Gasteiger partial charge in [0.25, 0.3) is 0 Å². The van der Waals surface area contributed by atoms with Gasteiger partial charge in [0.2, 0.25) is 0 Å². The zero-order chi connectivity index (χ0) is 15.1. The van der Waals surface area contributed by atoms with Crippen molar-refractivity contribution in [1.29, 1.82) is 0 Å². The Morgan fingerprint density at radius 3 is 2.86 bits per heavy atom. The SMILES string of the molecule is CCCNCc1nc(CN(C)Cc2ccccc2Br)cs1. The first kappa shape index (κ1) is 16.6. The van der Waals surface area contributed by atoms with Gasteiger partial charge in [0, 0.05) is 29.5 Å². The van der Waals surface area contributed by atoms with Gasteiger partial charge < -0.3 is 5.32 Å². The van der Waals surface area contributed by atoms with Crippen molar-refractivity contribution in [2.75, 3.05) is 13.6 Å². The molecule has 1 N–H and O–H groups in total. The highest BCUT2D eigenvalue weighted by atomic mass is 79.9. The summed E-state index contributed by atoms with van der Waals surface area (Å²) >= 11 is 5.34. The van der Waals surface area contributed by atoms with Crippen LogP contribution >= 0.6 is 27.3 Å². The third-order valence-electron chi connectivity index (χ3n) is 3.13. The van der Waals surface area contributed by atoms with E-state index in [0.29, 0.717) is 0 Å². The lowest BCUT2D eigenvalue weighted by Gasteiger charge is -2.16. The number of halogens is 1. The van der Waals surface area contributed by atoms with Crippen LogP contribution in [0.3, 0.4) is 0 Å². The van der Waals surface area contributed by atoms with E-state index < -0.39 is 0 Å². The van der Waals surface area contributed by atoms with Crippen molar-refractivity contribution in [1.82, 2.24) is 15.2 Å². The fraction of sp³-hybridized carbons (Fsp3) is 0.438. The standard InChI is InChI=1S/C16H22BrN3S/c1-3-8-18-9-16-19-14(12-21-16)11-20(2)10-13-6-4-5-7-15(13)17/h4-7,12,18H,3,8-11H2,1-2H3. The zero-order valence-corrected chi connectivity index (χ0v) is 15.0. The highest BCUT2D eigenvalue weighted by Gasteiger charge is 2.07. The van der Waals surface area contributed by atoms with Gasteiger partial charge in [-0.05, 0) is 31.6 Å². The molecule has 0 fully saturated rings. The lowest BCUT2D eigenvalue weighted by molar-refractivity contribution is 0.315. The van der Waals surface area contributed by atoms with E-state index in [-0.39, 0.29) is 0 Å². The van der Waals surface area contributed by atoms with Crippen molar-refractivity contribution in [3.63, 3.8) is 0 Å². The molecule has 0 aliphatic heterocycles. The highest BCUT2D eigenvalue weighted by molar-refractivity contribution is 9.10. The quantitative estimate of drug-likeness (QED) is 0.713. The molecule has 0 radical (unpaired) electrons. The summed E-state index contributed by atoms with van der Waals surface area (Å²) in [7, 11) is 2.13. The summed E-state index contributed by atoms with van der Waals surface area (Å²) in [6.45, 7) is 5.91. The van der Waals surface area contributed by atoms with E-state index in [1.165, 1.54) is 15.0 Å². The molecule has 0 saturated carbocycles. The number of hydrogen-bond donors (Lipinski definition) is 1. The van der Waals surface area contributed by atoms with Gasteiger partial charge in [-0.15, -0.1) is 11.3 Å². The number of hydrogen-bond acceptors (Lipinski definition) is 4. The minimum Gasteiger partial charge on any atom is -0.310 e. The summed E-state index contributed by atoms with van der Waals surface area (Å²) in [5.74, 6) is 0. The summed E-state index contributed by atoms with van der Waals surface area (Å²) < 4.78 is 1.17. The van der Waals surface area contributed by atoms with Crippen LogP contribution in [-0.2, 0) is 19.6 Å². The number of nitrogens with one attached hydrogen (secondary N) is 1. The molecule has 114 valence electrons. The van der Waals surface area contributed by atoms with Crippen LogP contribution in [-0.4, -0.2) is 23.5 Å². The van der Waals surface area contributed by atoms with Crippen molar-refractivity contribution in [2.24, 2.45) is 0 Å².